The van der Waals surface area contributed by atoms with E-state index in [-0.39, 0.29) is 0 Å². The molecule has 0 heterocycles. The summed E-state index contributed by atoms with van der Waals surface area (Å²) >= 11 is 0. The molecule has 0 rings (SSSR count). The molecule has 0 unspecified atom stereocenters. The Kier molecular flexibility index (Phi) is 5.94. The monoisotopic (exact) mass is 206 g/mol. The van der Waals surface area contributed by atoms with Crippen LogP contribution in [0.1, 0.15) is 13.8 Å². The van der Waals surface area contributed by atoms with Gasteiger partial charge >= 0.3 is 0 Å². The highest BCUT2D eigenvalue weighted by Crippen LogP contribution is 1.86. The standard InChI is InChI=1S/C8H18N2O2S/c1-4-13(11,12)10-6-5-9-7-8(2)3/h4,8-10H,1,5-7H2,2-3H3. The fourth-order valence-electron chi connectivity index (χ4n) is 0.731. The minimum absolute atomic E-state index is 0.404. The van der Waals surface area contributed by atoms with Crippen LogP contribution in [0.25, 0.3) is 0 Å². The van der Waals surface area contributed by atoms with Gasteiger partial charge in [0, 0.05) is 18.5 Å². The van der Waals surface area contributed by atoms with E-state index in [1.54, 1.807) is 0 Å². The topological polar surface area (TPSA) is 58.2 Å². The fraction of sp³-hybridized carbons (Fsp3) is 0.750. The third kappa shape index (κ3) is 7.95. The van der Waals surface area contributed by atoms with Crippen LogP contribution in [-0.4, -0.2) is 28.1 Å². The molecule has 0 radical (unpaired) electrons. The molecule has 0 aromatic carbocycles. The fourth-order valence-corrected chi connectivity index (χ4v) is 1.24. The number of sulfonamides is 1. The zero-order chi connectivity index (χ0) is 10.3. The summed E-state index contributed by atoms with van der Waals surface area (Å²) in [5.41, 5.74) is 0. The van der Waals surface area contributed by atoms with Crippen molar-refractivity contribution in [1.29, 1.82) is 0 Å². The first-order valence-electron chi connectivity index (χ1n) is 4.31. The number of rotatable bonds is 7. The van der Waals surface area contributed by atoms with Gasteiger partial charge in [0.2, 0.25) is 10.0 Å². The second kappa shape index (κ2) is 6.12. The molecule has 0 saturated heterocycles. The van der Waals surface area contributed by atoms with E-state index in [0.29, 0.717) is 19.0 Å². The van der Waals surface area contributed by atoms with Crippen molar-refractivity contribution in [3.05, 3.63) is 12.0 Å². The molecule has 2 N–H and O–H groups in total. The molecule has 4 nitrogen and oxygen atoms in total. The van der Waals surface area contributed by atoms with E-state index >= 15 is 0 Å². The Labute approximate surface area is 80.5 Å². The SMILES string of the molecule is C=CS(=O)(=O)NCCNCC(C)C. The Bertz CT molecular complexity index is 235. The third-order valence-corrected chi connectivity index (χ3v) is 2.42. The lowest BCUT2D eigenvalue weighted by atomic mass is 10.2. The van der Waals surface area contributed by atoms with Gasteiger partial charge in [-0.25, -0.2) is 13.1 Å². The number of hydrogen-bond acceptors (Lipinski definition) is 3. The molecule has 0 fully saturated rings. The van der Waals surface area contributed by atoms with Crippen molar-refractivity contribution < 1.29 is 8.42 Å². The van der Waals surface area contributed by atoms with Gasteiger partial charge in [-0.05, 0) is 12.5 Å². The summed E-state index contributed by atoms with van der Waals surface area (Å²) in [6.45, 7) is 9.33. The van der Waals surface area contributed by atoms with Crippen LogP contribution in [0.4, 0.5) is 0 Å². The molecule has 0 aromatic heterocycles. The Balaban J connectivity index is 3.42. The van der Waals surface area contributed by atoms with Crippen LogP contribution in [0.3, 0.4) is 0 Å². The van der Waals surface area contributed by atoms with Gasteiger partial charge in [-0.2, -0.15) is 0 Å². The largest absolute Gasteiger partial charge is 0.315 e. The van der Waals surface area contributed by atoms with Crippen LogP contribution in [0, 0.1) is 5.92 Å². The van der Waals surface area contributed by atoms with Gasteiger partial charge in [0.05, 0.1) is 0 Å². The van der Waals surface area contributed by atoms with Crippen LogP contribution in [-0.2, 0) is 10.0 Å². The minimum atomic E-state index is -3.25. The zero-order valence-corrected chi connectivity index (χ0v) is 9.02. The first kappa shape index (κ1) is 12.6. The van der Waals surface area contributed by atoms with Crippen molar-refractivity contribution >= 4 is 10.0 Å². The molecule has 5 heteroatoms. The predicted molar refractivity (Wildman–Crippen MR) is 54.8 cm³/mol. The molecule has 0 aromatic rings. The molecule has 0 aliphatic carbocycles. The Morgan fingerprint density at radius 3 is 2.46 bits per heavy atom. The maximum Gasteiger partial charge on any atom is 0.233 e. The highest BCUT2D eigenvalue weighted by molar-refractivity contribution is 7.92. The maximum absolute atomic E-state index is 10.8. The van der Waals surface area contributed by atoms with Crippen LogP contribution in [0.2, 0.25) is 0 Å². The molecule has 78 valence electrons. The van der Waals surface area contributed by atoms with E-state index < -0.39 is 10.0 Å². The molecule has 0 saturated carbocycles. The first-order chi connectivity index (χ1) is 5.98. The summed E-state index contributed by atoms with van der Waals surface area (Å²) < 4.78 is 24.1. The Hall–Kier alpha value is -0.390. The van der Waals surface area contributed by atoms with E-state index in [1.165, 1.54) is 0 Å². The van der Waals surface area contributed by atoms with Crippen molar-refractivity contribution in [2.24, 2.45) is 5.92 Å². The van der Waals surface area contributed by atoms with Gasteiger partial charge in [-0.3, -0.25) is 0 Å². The summed E-state index contributed by atoms with van der Waals surface area (Å²) in [6, 6.07) is 0. The van der Waals surface area contributed by atoms with E-state index in [0.717, 1.165) is 12.0 Å². The minimum Gasteiger partial charge on any atom is -0.315 e. The van der Waals surface area contributed by atoms with Crippen molar-refractivity contribution in [2.45, 2.75) is 13.8 Å². The highest BCUT2D eigenvalue weighted by Gasteiger charge is 2.01. The molecule has 13 heavy (non-hydrogen) atoms. The van der Waals surface area contributed by atoms with Crippen molar-refractivity contribution in [3.63, 3.8) is 0 Å². The van der Waals surface area contributed by atoms with Gasteiger partial charge in [-0.1, -0.05) is 20.4 Å². The van der Waals surface area contributed by atoms with Gasteiger partial charge in [0.15, 0.2) is 0 Å². The molecular weight excluding hydrogens is 188 g/mol. The molecule has 0 aliphatic rings. The zero-order valence-electron chi connectivity index (χ0n) is 8.21. The molecular formula is C8H18N2O2S. The number of nitrogens with one attached hydrogen (secondary N) is 2. The molecule has 0 bridgehead atoms. The predicted octanol–water partition coefficient (Wildman–Crippen LogP) is 0.295. The van der Waals surface area contributed by atoms with Gasteiger partial charge in [-0.15, -0.1) is 0 Å². The summed E-state index contributed by atoms with van der Waals surface area (Å²) in [4.78, 5) is 0. The summed E-state index contributed by atoms with van der Waals surface area (Å²) in [5, 5.41) is 4.03. The van der Waals surface area contributed by atoms with Crippen LogP contribution < -0.4 is 10.0 Å². The number of hydrogen-bond donors (Lipinski definition) is 2. The lowest BCUT2D eigenvalue weighted by molar-refractivity contribution is 0.546. The Morgan fingerprint density at radius 2 is 2.00 bits per heavy atom. The molecule has 0 spiro atoms. The molecule has 0 atom stereocenters. The normalized spacial score (nSPS) is 11.9. The molecule has 0 aliphatic heterocycles. The Morgan fingerprint density at radius 1 is 1.38 bits per heavy atom. The van der Waals surface area contributed by atoms with Crippen LogP contribution >= 0.6 is 0 Å². The van der Waals surface area contributed by atoms with Gasteiger partial charge < -0.3 is 5.32 Å². The second-order valence-electron chi connectivity index (χ2n) is 3.20. The van der Waals surface area contributed by atoms with E-state index in [4.69, 9.17) is 0 Å². The van der Waals surface area contributed by atoms with E-state index in [1.807, 2.05) is 0 Å². The third-order valence-electron chi connectivity index (χ3n) is 1.38. The second-order valence-corrected chi connectivity index (χ2v) is 4.92. The summed E-state index contributed by atoms with van der Waals surface area (Å²) in [6.07, 6.45) is 0. The van der Waals surface area contributed by atoms with Gasteiger partial charge in [0.1, 0.15) is 0 Å². The van der Waals surface area contributed by atoms with Crippen LogP contribution in [0.5, 0.6) is 0 Å². The maximum atomic E-state index is 10.8. The van der Waals surface area contributed by atoms with Gasteiger partial charge in [0.25, 0.3) is 0 Å². The first-order valence-corrected chi connectivity index (χ1v) is 5.85. The molecule has 0 amide bonds. The van der Waals surface area contributed by atoms with Crippen molar-refractivity contribution in [2.75, 3.05) is 19.6 Å². The lowest BCUT2D eigenvalue weighted by Gasteiger charge is -2.07. The van der Waals surface area contributed by atoms with E-state index in [2.05, 4.69) is 30.5 Å². The summed E-state index contributed by atoms with van der Waals surface area (Å²) in [7, 11) is -3.25. The van der Waals surface area contributed by atoms with Crippen molar-refractivity contribution in [1.82, 2.24) is 10.0 Å². The summed E-state index contributed by atoms with van der Waals surface area (Å²) in [5.74, 6) is 0.580. The average molecular weight is 206 g/mol. The highest BCUT2D eigenvalue weighted by atomic mass is 32.2. The smallest absolute Gasteiger partial charge is 0.233 e. The quantitative estimate of drug-likeness (QED) is 0.589. The average Bonchev–Trinajstić information content (AvgIpc) is 2.03. The van der Waals surface area contributed by atoms with Crippen LogP contribution in [0.15, 0.2) is 12.0 Å². The van der Waals surface area contributed by atoms with E-state index in [9.17, 15) is 8.42 Å². The lowest BCUT2D eigenvalue weighted by Crippen LogP contribution is -2.32. The van der Waals surface area contributed by atoms with Crippen molar-refractivity contribution in [3.8, 4) is 0 Å².